The van der Waals surface area contributed by atoms with Crippen LogP contribution in [0.15, 0.2) is 66.7 Å². The Morgan fingerprint density at radius 3 is 2.24 bits per heavy atom. The maximum atomic E-state index is 14.6. The zero-order valence-corrected chi connectivity index (χ0v) is 23.0. The Morgan fingerprint density at radius 1 is 1.02 bits per heavy atom. The number of benzene rings is 3. The van der Waals surface area contributed by atoms with Gasteiger partial charge in [0, 0.05) is 17.7 Å². The van der Waals surface area contributed by atoms with Gasteiger partial charge in [-0.2, -0.15) is 0 Å². The van der Waals surface area contributed by atoms with Crippen molar-refractivity contribution in [2.45, 2.75) is 36.9 Å². The molecular formula is C30H28N2O10. The minimum atomic E-state index is -2.39. The zero-order valence-electron chi connectivity index (χ0n) is 23.0. The lowest BCUT2D eigenvalue weighted by molar-refractivity contribution is -0.385. The molecule has 0 aliphatic carbocycles. The number of carbonyl (C=O) groups is 3. The lowest BCUT2D eigenvalue weighted by Gasteiger charge is -2.37. The molecule has 1 spiro atoms. The first kappa shape index (κ1) is 28.6. The number of aromatic hydroxyl groups is 1. The fraction of sp³-hybridized carbons (Fsp3) is 0.300. The van der Waals surface area contributed by atoms with Gasteiger partial charge in [-0.1, -0.05) is 24.3 Å². The smallest absolute Gasteiger partial charge is 0.338 e. The van der Waals surface area contributed by atoms with Gasteiger partial charge >= 0.3 is 11.9 Å². The molecule has 42 heavy (non-hydrogen) atoms. The maximum absolute atomic E-state index is 14.6. The van der Waals surface area contributed by atoms with Crippen LogP contribution in [0.25, 0.3) is 0 Å². The van der Waals surface area contributed by atoms with Crippen molar-refractivity contribution in [1.82, 2.24) is 5.32 Å². The summed E-state index contributed by atoms with van der Waals surface area (Å²) in [5.74, 6) is -3.96. The van der Waals surface area contributed by atoms with E-state index in [0.29, 0.717) is 11.3 Å². The average molecular weight is 577 g/mol. The quantitative estimate of drug-likeness (QED) is 0.174. The SMILES string of the molecule is CCOC(=O)C1(C(=O)OCC)N[C@H](c2cc([N+](=O)[O-])ccc2O)[C@]2(Oc3ccccc3C2=O)[C@@H]1c1ccc(OC)cc1. The molecule has 1 fully saturated rings. The number of nitrogens with zero attached hydrogens (tertiary/aromatic N) is 1. The Hall–Kier alpha value is -4.97. The van der Waals surface area contributed by atoms with Crippen LogP contribution in [0.4, 0.5) is 5.69 Å². The Balaban J connectivity index is 1.89. The number of nitro groups is 1. The van der Waals surface area contributed by atoms with Gasteiger partial charge in [-0.05, 0) is 49.7 Å². The highest BCUT2D eigenvalue weighted by atomic mass is 16.6. The van der Waals surface area contributed by atoms with Crippen molar-refractivity contribution in [2.24, 2.45) is 0 Å². The summed E-state index contributed by atoms with van der Waals surface area (Å²) in [6.07, 6.45) is 0. The van der Waals surface area contributed by atoms with Crippen molar-refractivity contribution in [3.63, 3.8) is 0 Å². The van der Waals surface area contributed by atoms with E-state index in [1.807, 2.05) is 0 Å². The number of hydrogen-bond acceptors (Lipinski definition) is 11. The van der Waals surface area contributed by atoms with Crippen molar-refractivity contribution in [3.05, 3.63) is 93.5 Å². The molecule has 2 N–H and O–H groups in total. The van der Waals surface area contributed by atoms with Crippen LogP contribution in [0.5, 0.6) is 17.2 Å². The minimum absolute atomic E-state index is 0.119. The Bertz CT molecular complexity index is 1550. The second-order valence-electron chi connectivity index (χ2n) is 9.75. The van der Waals surface area contributed by atoms with Crippen LogP contribution >= 0.6 is 0 Å². The van der Waals surface area contributed by atoms with E-state index < -0.39 is 57.2 Å². The molecule has 3 atom stereocenters. The monoisotopic (exact) mass is 576 g/mol. The number of rotatable bonds is 8. The number of para-hydroxylation sites is 1. The van der Waals surface area contributed by atoms with Gasteiger partial charge in [0.15, 0.2) is 0 Å². The summed E-state index contributed by atoms with van der Waals surface area (Å²) < 4.78 is 22.6. The molecule has 1 saturated heterocycles. The molecule has 3 aromatic carbocycles. The van der Waals surface area contributed by atoms with Crippen LogP contribution in [-0.2, 0) is 19.1 Å². The van der Waals surface area contributed by atoms with Gasteiger partial charge in [0.2, 0.25) is 16.9 Å². The van der Waals surface area contributed by atoms with Crippen LogP contribution < -0.4 is 14.8 Å². The van der Waals surface area contributed by atoms with Crippen molar-refractivity contribution in [3.8, 4) is 17.2 Å². The summed E-state index contributed by atoms with van der Waals surface area (Å²) in [6, 6.07) is 14.5. The molecule has 218 valence electrons. The summed E-state index contributed by atoms with van der Waals surface area (Å²) in [5.41, 5.74) is -4.58. The topological polar surface area (TPSA) is 164 Å². The number of methoxy groups -OCH3 is 1. The number of esters is 2. The molecule has 0 unspecified atom stereocenters. The second kappa shape index (κ2) is 10.8. The molecule has 3 aromatic rings. The van der Waals surface area contributed by atoms with Gasteiger partial charge in [-0.25, -0.2) is 9.59 Å². The fourth-order valence-corrected chi connectivity index (χ4v) is 5.88. The molecule has 0 aromatic heterocycles. The molecule has 5 rings (SSSR count). The number of phenolic OH excluding ortho intramolecular Hbond substituents is 1. The highest BCUT2D eigenvalue weighted by Crippen LogP contribution is 2.60. The van der Waals surface area contributed by atoms with E-state index in [-0.39, 0.29) is 30.1 Å². The number of ketones is 1. The number of hydrogen-bond donors (Lipinski definition) is 2. The summed E-state index contributed by atoms with van der Waals surface area (Å²) in [5, 5.41) is 25.7. The normalized spacial score (nSPS) is 21.8. The number of carbonyl (C=O) groups excluding carboxylic acids is 3. The molecule has 12 heteroatoms. The first-order valence-electron chi connectivity index (χ1n) is 13.2. The molecule has 2 aliphatic rings. The molecule has 2 heterocycles. The molecule has 12 nitrogen and oxygen atoms in total. The Labute approximate surface area is 240 Å². The summed E-state index contributed by atoms with van der Waals surface area (Å²) in [6.45, 7) is 2.87. The van der Waals surface area contributed by atoms with Crippen LogP contribution in [0.1, 0.15) is 47.3 Å². The van der Waals surface area contributed by atoms with Crippen molar-refractivity contribution in [2.75, 3.05) is 20.3 Å². The van der Waals surface area contributed by atoms with Crippen LogP contribution in [0.3, 0.4) is 0 Å². The summed E-state index contributed by atoms with van der Waals surface area (Å²) >= 11 is 0. The number of nitro benzene ring substituents is 1. The number of fused-ring (bicyclic) bond motifs is 1. The first-order chi connectivity index (χ1) is 20.1. The van der Waals surface area contributed by atoms with Crippen molar-refractivity contribution in [1.29, 1.82) is 0 Å². The van der Waals surface area contributed by atoms with Crippen LogP contribution in [-0.4, -0.2) is 59.2 Å². The number of nitrogens with one attached hydrogen (secondary N) is 1. The third kappa shape index (κ3) is 4.14. The lowest BCUT2D eigenvalue weighted by atomic mass is 9.68. The van der Waals surface area contributed by atoms with Gasteiger partial charge in [-0.15, -0.1) is 0 Å². The zero-order chi connectivity index (χ0) is 30.2. The summed E-state index contributed by atoms with van der Waals surface area (Å²) in [4.78, 5) is 53.7. The fourth-order valence-electron chi connectivity index (χ4n) is 5.88. The molecule has 0 amide bonds. The van der Waals surface area contributed by atoms with Crippen molar-refractivity contribution < 1.29 is 43.4 Å². The number of phenols is 1. The number of ether oxygens (including phenoxy) is 4. The molecule has 0 radical (unpaired) electrons. The molecule has 0 saturated carbocycles. The van der Waals surface area contributed by atoms with Gasteiger partial charge in [0.05, 0.1) is 42.8 Å². The van der Waals surface area contributed by atoms with Gasteiger partial charge < -0.3 is 24.1 Å². The van der Waals surface area contributed by atoms with Crippen LogP contribution in [0, 0.1) is 10.1 Å². The predicted molar refractivity (Wildman–Crippen MR) is 147 cm³/mol. The Kier molecular flexibility index (Phi) is 7.33. The highest BCUT2D eigenvalue weighted by molar-refractivity contribution is 6.14. The summed E-state index contributed by atoms with van der Waals surface area (Å²) in [7, 11) is 1.47. The standard InChI is InChI=1S/C30H28N2O10/c1-4-40-27(35)29(28(36)41-5-2)24(17-10-13-19(39-3)14-11-17)30(26(34)20-8-6-7-9-23(20)42-30)25(31-29)21-16-18(32(37)38)12-15-22(21)33/h6-16,24-25,31,33H,4-5H2,1-3H3/t24-,25-,30-/m1/s1. The van der Waals surface area contributed by atoms with E-state index in [1.165, 1.54) is 13.2 Å². The van der Waals surface area contributed by atoms with E-state index in [1.54, 1.807) is 56.3 Å². The number of non-ortho nitro benzene ring substituents is 1. The van der Waals surface area contributed by atoms with Gasteiger partial charge in [0.1, 0.15) is 17.2 Å². The predicted octanol–water partition coefficient (Wildman–Crippen LogP) is 3.62. The maximum Gasteiger partial charge on any atom is 0.338 e. The van der Waals surface area contributed by atoms with E-state index in [9.17, 15) is 29.6 Å². The molecular weight excluding hydrogens is 548 g/mol. The minimum Gasteiger partial charge on any atom is -0.508 e. The molecule has 0 bridgehead atoms. The highest BCUT2D eigenvalue weighted by Gasteiger charge is 2.77. The van der Waals surface area contributed by atoms with Gasteiger partial charge in [-0.3, -0.25) is 20.2 Å². The van der Waals surface area contributed by atoms with E-state index in [0.717, 1.165) is 18.2 Å². The van der Waals surface area contributed by atoms with Gasteiger partial charge in [0.25, 0.3) is 5.69 Å². The first-order valence-corrected chi connectivity index (χ1v) is 13.2. The van der Waals surface area contributed by atoms with E-state index in [4.69, 9.17) is 18.9 Å². The van der Waals surface area contributed by atoms with Crippen LogP contribution in [0.2, 0.25) is 0 Å². The Morgan fingerprint density at radius 2 is 1.67 bits per heavy atom. The average Bonchev–Trinajstić information content (AvgIpc) is 3.46. The molecule has 2 aliphatic heterocycles. The largest absolute Gasteiger partial charge is 0.508 e. The van der Waals surface area contributed by atoms with Crippen molar-refractivity contribution >= 4 is 23.4 Å². The third-order valence-electron chi connectivity index (χ3n) is 7.61. The third-order valence-corrected chi connectivity index (χ3v) is 7.61. The second-order valence-corrected chi connectivity index (χ2v) is 9.75. The lowest BCUT2D eigenvalue weighted by Crippen LogP contribution is -2.61. The van der Waals surface area contributed by atoms with E-state index in [2.05, 4.69) is 5.32 Å². The van der Waals surface area contributed by atoms with E-state index >= 15 is 0 Å². The number of Topliss-reactive ketones (excluding diaryl/α,β-unsaturated/α-hetero) is 1.